The number of nitrogens with one attached hydrogen (secondary N) is 2. The average molecular weight is 359 g/mol. The molecule has 6 heteroatoms. The fourth-order valence-corrected chi connectivity index (χ4v) is 3.20. The van der Waals surface area contributed by atoms with Crippen LogP contribution < -0.4 is 10.6 Å². The largest absolute Gasteiger partial charge is 0.356 e. The van der Waals surface area contributed by atoms with Crippen LogP contribution >= 0.6 is 11.3 Å². The summed E-state index contributed by atoms with van der Waals surface area (Å²) < 4.78 is 0. The van der Waals surface area contributed by atoms with E-state index in [9.17, 15) is 0 Å². The van der Waals surface area contributed by atoms with Crippen LogP contribution in [0.5, 0.6) is 0 Å². The summed E-state index contributed by atoms with van der Waals surface area (Å²) in [4.78, 5) is 14.4. The molecule has 0 spiro atoms. The molecule has 2 N–H and O–H groups in total. The molecule has 2 aromatic heterocycles. The minimum Gasteiger partial charge on any atom is -0.356 e. The number of aryl methyl sites for hydroxylation is 1. The summed E-state index contributed by atoms with van der Waals surface area (Å²) in [6.45, 7) is 2.03. The quantitative estimate of drug-likeness (QED) is 0.500. The molecule has 2 heterocycles. The molecule has 0 bridgehead atoms. The van der Waals surface area contributed by atoms with Gasteiger partial charge in [-0.2, -0.15) is 0 Å². The predicted octanol–water partition coefficient (Wildman–Crippen LogP) is 5.40. The maximum absolute atomic E-state index is 4.55. The second-order valence-electron chi connectivity index (χ2n) is 5.73. The van der Waals surface area contributed by atoms with Crippen molar-refractivity contribution < 1.29 is 0 Å². The number of para-hydroxylation sites is 1. The van der Waals surface area contributed by atoms with E-state index >= 15 is 0 Å². The summed E-state index contributed by atoms with van der Waals surface area (Å²) in [7, 11) is 0. The third kappa shape index (κ3) is 3.87. The van der Waals surface area contributed by atoms with Gasteiger partial charge in [0, 0.05) is 34.3 Å². The average Bonchev–Trinajstić information content (AvgIpc) is 3.11. The highest BCUT2D eigenvalue weighted by molar-refractivity contribution is 7.14. The maximum atomic E-state index is 4.55. The van der Waals surface area contributed by atoms with Crippen LogP contribution in [0.1, 0.15) is 4.88 Å². The van der Waals surface area contributed by atoms with E-state index in [0.717, 1.165) is 32.6 Å². The molecule has 4 aromatic rings. The van der Waals surface area contributed by atoms with Gasteiger partial charge in [-0.1, -0.05) is 18.2 Å². The fourth-order valence-electron chi connectivity index (χ4n) is 2.47. The molecule has 0 aliphatic carbocycles. The molecule has 4 rings (SSSR count). The van der Waals surface area contributed by atoms with Crippen LogP contribution in [0.2, 0.25) is 0 Å². The van der Waals surface area contributed by atoms with Crippen LogP contribution in [0.3, 0.4) is 0 Å². The number of benzene rings is 2. The van der Waals surface area contributed by atoms with Crippen LogP contribution in [0.25, 0.3) is 10.7 Å². The lowest BCUT2D eigenvalue weighted by Crippen LogP contribution is -1.98. The Morgan fingerprint density at radius 3 is 2.15 bits per heavy atom. The summed E-state index contributed by atoms with van der Waals surface area (Å²) in [6, 6.07) is 20.0. The summed E-state index contributed by atoms with van der Waals surface area (Å²) in [5.41, 5.74) is 3.83. The van der Waals surface area contributed by atoms with E-state index in [4.69, 9.17) is 0 Å². The summed E-state index contributed by atoms with van der Waals surface area (Å²) >= 11 is 1.62. The van der Waals surface area contributed by atoms with Crippen LogP contribution in [-0.4, -0.2) is 15.0 Å². The van der Waals surface area contributed by atoms with Gasteiger partial charge in [0.15, 0.2) is 0 Å². The minimum atomic E-state index is 0.555. The molecule has 0 amide bonds. The van der Waals surface area contributed by atoms with Crippen molar-refractivity contribution in [2.45, 2.75) is 6.92 Å². The molecule has 0 saturated heterocycles. The second-order valence-corrected chi connectivity index (χ2v) is 6.97. The van der Waals surface area contributed by atoms with Gasteiger partial charge in [-0.05, 0) is 49.4 Å². The predicted molar refractivity (Wildman–Crippen MR) is 107 cm³/mol. The third-order valence-electron chi connectivity index (χ3n) is 3.70. The van der Waals surface area contributed by atoms with Gasteiger partial charge in [0.05, 0.1) is 0 Å². The summed E-state index contributed by atoms with van der Waals surface area (Å²) in [6.07, 6.45) is 3.60. The smallest absolute Gasteiger partial charge is 0.227 e. The number of anilines is 4. The Bertz CT molecular complexity index is 996. The normalized spacial score (nSPS) is 10.5. The second kappa shape index (κ2) is 7.33. The van der Waals surface area contributed by atoms with Crippen molar-refractivity contribution in [2.24, 2.45) is 0 Å². The van der Waals surface area contributed by atoms with Crippen molar-refractivity contribution in [2.75, 3.05) is 10.6 Å². The van der Waals surface area contributed by atoms with E-state index in [0.29, 0.717) is 5.95 Å². The molecule has 5 nitrogen and oxygen atoms in total. The zero-order chi connectivity index (χ0) is 17.8. The van der Waals surface area contributed by atoms with Gasteiger partial charge in [-0.3, -0.25) is 0 Å². The lowest BCUT2D eigenvalue weighted by atomic mass is 10.2. The van der Waals surface area contributed by atoms with Crippen LogP contribution in [-0.2, 0) is 0 Å². The number of thiazole rings is 1. The van der Waals surface area contributed by atoms with Gasteiger partial charge < -0.3 is 10.6 Å². The topological polar surface area (TPSA) is 62.7 Å². The van der Waals surface area contributed by atoms with E-state index in [-0.39, 0.29) is 0 Å². The summed E-state index contributed by atoms with van der Waals surface area (Å²) in [5.74, 6) is 0.555. The molecule has 0 unspecified atom stereocenters. The van der Waals surface area contributed by atoms with Crippen molar-refractivity contribution in [3.05, 3.63) is 77.9 Å². The monoisotopic (exact) mass is 359 g/mol. The Morgan fingerprint density at radius 1 is 0.769 bits per heavy atom. The van der Waals surface area contributed by atoms with Crippen LogP contribution in [0.15, 0.2) is 73.1 Å². The van der Waals surface area contributed by atoms with Crippen molar-refractivity contribution in [3.8, 4) is 10.7 Å². The minimum absolute atomic E-state index is 0.555. The molecule has 0 aliphatic heterocycles. The van der Waals surface area contributed by atoms with E-state index in [2.05, 4.69) is 25.6 Å². The van der Waals surface area contributed by atoms with Gasteiger partial charge in [0.25, 0.3) is 0 Å². The Labute approximate surface area is 155 Å². The first-order valence-corrected chi connectivity index (χ1v) is 9.03. The van der Waals surface area contributed by atoms with Gasteiger partial charge >= 0.3 is 0 Å². The van der Waals surface area contributed by atoms with E-state index in [1.165, 1.54) is 0 Å². The molecule has 26 heavy (non-hydrogen) atoms. The lowest BCUT2D eigenvalue weighted by Gasteiger charge is -2.09. The number of aromatic nitrogens is 3. The molecular formula is C20H17N5S. The third-order valence-corrected chi connectivity index (χ3v) is 4.63. The van der Waals surface area contributed by atoms with Gasteiger partial charge in [0.1, 0.15) is 10.7 Å². The lowest BCUT2D eigenvalue weighted by molar-refractivity contribution is 1.16. The highest BCUT2D eigenvalue weighted by Gasteiger charge is 2.06. The Balaban J connectivity index is 1.47. The highest BCUT2D eigenvalue weighted by Crippen LogP contribution is 2.24. The van der Waals surface area contributed by atoms with Crippen molar-refractivity contribution in [1.29, 1.82) is 0 Å². The number of rotatable bonds is 5. The molecule has 0 atom stereocenters. The highest BCUT2D eigenvalue weighted by atomic mass is 32.1. The Kier molecular flexibility index (Phi) is 4.57. The van der Waals surface area contributed by atoms with E-state index < -0.39 is 0 Å². The number of hydrogen-bond acceptors (Lipinski definition) is 6. The first-order chi connectivity index (χ1) is 12.8. The van der Waals surface area contributed by atoms with Gasteiger partial charge in [-0.25, -0.2) is 15.0 Å². The van der Waals surface area contributed by atoms with E-state index in [1.807, 2.05) is 73.8 Å². The first kappa shape index (κ1) is 16.2. The molecule has 0 saturated carbocycles. The fraction of sp³-hybridized carbons (Fsp3) is 0.0500. The molecule has 0 fully saturated rings. The first-order valence-electron chi connectivity index (χ1n) is 8.21. The molecule has 2 aromatic carbocycles. The van der Waals surface area contributed by atoms with E-state index in [1.54, 1.807) is 17.5 Å². The Morgan fingerprint density at radius 2 is 1.46 bits per heavy atom. The standard InChI is InChI=1S/C20H17N5S/c1-14-13-22-19(26-14)18-11-12-21-20(25-18)24-17-9-7-16(8-10-17)23-15-5-3-2-4-6-15/h2-13,23H,1H3,(H,21,24,25). The van der Waals surface area contributed by atoms with Crippen molar-refractivity contribution >= 4 is 34.3 Å². The molecule has 128 valence electrons. The maximum Gasteiger partial charge on any atom is 0.227 e. The zero-order valence-corrected chi connectivity index (χ0v) is 15.0. The van der Waals surface area contributed by atoms with Crippen LogP contribution in [0.4, 0.5) is 23.0 Å². The SMILES string of the molecule is Cc1cnc(-c2ccnc(Nc3ccc(Nc4ccccc4)cc3)n2)s1. The van der Waals surface area contributed by atoms with Crippen LogP contribution in [0, 0.1) is 6.92 Å². The van der Waals surface area contributed by atoms with Gasteiger partial charge in [0.2, 0.25) is 5.95 Å². The molecular weight excluding hydrogens is 342 g/mol. The van der Waals surface area contributed by atoms with Gasteiger partial charge in [-0.15, -0.1) is 11.3 Å². The Hall–Kier alpha value is -3.25. The van der Waals surface area contributed by atoms with Crippen molar-refractivity contribution in [3.63, 3.8) is 0 Å². The van der Waals surface area contributed by atoms with Crippen molar-refractivity contribution in [1.82, 2.24) is 15.0 Å². The number of nitrogens with zero attached hydrogens (tertiary/aromatic N) is 3. The molecule has 0 radical (unpaired) electrons. The zero-order valence-electron chi connectivity index (χ0n) is 14.2. The number of hydrogen-bond donors (Lipinski definition) is 2. The summed E-state index contributed by atoms with van der Waals surface area (Å²) in [5, 5.41) is 7.50. The molecule has 0 aliphatic rings.